The summed E-state index contributed by atoms with van der Waals surface area (Å²) in [6.45, 7) is 2.07. The van der Waals surface area contributed by atoms with Gasteiger partial charge in [-0.05, 0) is 24.6 Å². The highest BCUT2D eigenvalue weighted by molar-refractivity contribution is 7.21. The lowest BCUT2D eigenvalue weighted by molar-refractivity contribution is 0.779. The van der Waals surface area contributed by atoms with Crippen molar-refractivity contribution < 1.29 is 0 Å². The number of anilines is 1. The molecule has 5 heteroatoms. The molecule has 0 unspecified atom stereocenters. The maximum Gasteiger partial charge on any atom is 0.131 e. The summed E-state index contributed by atoms with van der Waals surface area (Å²) in [5, 5.41) is 5.07. The molecule has 0 radical (unpaired) electrons. The number of nitrogens with zero attached hydrogens (tertiary/aromatic N) is 3. The lowest BCUT2D eigenvalue weighted by atomic mass is 10.2. The molecule has 0 fully saturated rings. The van der Waals surface area contributed by atoms with Gasteiger partial charge in [-0.1, -0.05) is 6.07 Å². The summed E-state index contributed by atoms with van der Waals surface area (Å²) >= 11 is 1.64. The van der Waals surface area contributed by atoms with Gasteiger partial charge in [-0.2, -0.15) is 5.10 Å². The summed E-state index contributed by atoms with van der Waals surface area (Å²) < 4.78 is 2.83. The van der Waals surface area contributed by atoms with Crippen LogP contribution in [0.1, 0.15) is 5.56 Å². The number of thiazole rings is 1. The maximum atomic E-state index is 5.95. The van der Waals surface area contributed by atoms with E-state index in [4.69, 9.17) is 5.73 Å². The van der Waals surface area contributed by atoms with Crippen molar-refractivity contribution in [3.63, 3.8) is 0 Å². The number of aryl methyl sites for hydroxylation is 2. The van der Waals surface area contributed by atoms with Gasteiger partial charge in [0.25, 0.3) is 0 Å². The average Bonchev–Trinajstić information content (AvgIpc) is 2.83. The molecule has 0 atom stereocenters. The van der Waals surface area contributed by atoms with Gasteiger partial charge >= 0.3 is 0 Å². The Morgan fingerprint density at radius 2 is 2.18 bits per heavy atom. The van der Waals surface area contributed by atoms with Crippen molar-refractivity contribution in [1.82, 2.24) is 14.8 Å². The quantitative estimate of drug-likeness (QED) is 0.715. The van der Waals surface area contributed by atoms with E-state index in [9.17, 15) is 0 Å². The van der Waals surface area contributed by atoms with E-state index in [-0.39, 0.29) is 0 Å². The molecule has 2 N–H and O–H groups in total. The van der Waals surface area contributed by atoms with Crippen LogP contribution in [0.25, 0.3) is 20.8 Å². The van der Waals surface area contributed by atoms with Crippen molar-refractivity contribution in [2.45, 2.75) is 6.92 Å². The van der Waals surface area contributed by atoms with Crippen molar-refractivity contribution in [2.24, 2.45) is 7.05 Å². The number of nitrogens with two attached hydrogens (primary N) is 1. The number of aromatic nitrogens is 3. The number of rotatable bonds is 1. The normalized spacial score (nSPS) is 11.2. The molecular formula is C12H12N4S. The first-order valence-corrected chi connectivity index (χ1v) is 6.12. The molecule has 4 nitrogen and oxygen atoms in total. The Kier molecular flexibility index (Phi) is 2.16. The zero-order valence-corrected chi connectivity index (χ0v) is 10.5. The summed E-state index contributed by atoms with van der Waals surface area (Å²) in [6.07, 6.45) is 1.76. The molecule has 0 aliphatic rings. The van der Waals surface area contributed by atoms with Gasteiger partial charge in [0.15, 0.2) is 0 Å². The monoisotopic (exact) mass is 244 g/mol. The van der Waals surface area contributed by atoms with E-state index >= 15 is 0 Å². The Labute approximate surface area is 103 Å². The van der Waals surface area contributed by atoms with Crippen LogP contribution in [0, 0.1) is 6.92 Å². The van der Waals surface area contributed by atoms with Crippen LogP contribution in [0.4, 0.5) is 5.82 Å². The molecule has 0 aliphatic heterocycles. The topological polar surface area (TPSA) is 56.7 Å². The number of nitrogen functional groups attached to an aromatic ring is 1. The van der Waals surface area contributed by atoms with E-state index in [1.807, 2.05) is 7.05 Å². The standard InChI is InChI=1S/C12H12N4S/c1-7-3-4-10-9(5-7)15-12(17-10)8-6-14-16(2)11(8)13/h3-6H,13H2,1-2H3. The van der Waals surface area contributed by atoms with Crippen LogP contribution in [-0.4, -0.2) is 14.8 Å². The van der Waals surface area contributed by atoms with Crippen molar-refractivity contribution in [3.05, 3.63) is 30.0 Å². The van der Waals surface area contributed by atoms with Gasteiger partial charge in [0.1, 0.15) is 10.8 Å². The highest BCUT2D eigenvalue weighted by atomic mass is 32.1. The first-order chi connectivity index (χ1) is 8.15. The molecule has 0 spiro atoms. The highest BCUT2D eigenvalue weighted by Gasteiger charge is 2.12. The second-order valence-corrected chi connectivity index (χ2v) is 5.09. The van der Waals surface area contributed by atoms with Crippen LogP contribution >= 0.6 is 11.3 Å². The zero-order valence-electron chi connectivity index (χ0n) is 9.64. The van der Waals surface area contributed by atoms with Crippen LogP contribution in [0.3, 0.4) is 0 Å². The summed E-state index contributed by atoms with van der Waals surface area (Å²) in [7, 11) is 1.83. The Morgan fingerprint density at radius 1 is 1.35 bits per heavy atom. The van der Waals surface area contributed by atoms with Gasteiger partial charge < -0.3 is 5.73 Å². The van der Waals surface area contributed by atoms with Crippen LogP contribution in [0.15, 0.2) is 24.4 Å². The van der Waals surface area contributed by atoms with Gasteiger partial charge in [0.05, 0.1) is 22.0 Å². The van der Waals surface area contributed by atoms with E-state index < -0.39 is 0 Å². The fourth-order valence-electron chi connectivity index (χ4n) is 1.76. The Bertz CT molecular complexity index is 696. The molecule has 1 aromatic carbocycles. The Balaban J connectivity index is 2.21. The van der Waals surface area contributed by atoms with E-state index in [0.29, 0.717) is 5.82 Å². The van der Waals surface area contributed by atoms with Gasteiger partial charge in [-0.15, -0.1) is 11.3 Å². The predicted octanol–water partition coefficient (Wildman–Crippen LogP) is 2.59. The third-order valence-electron chi connectivity index (χ3n) is 2.76. The average molecular weight is 244 g/mol. The lowest BCUT2D eigenvalue weighted by Crippen LogP contribution is -1.97. The lowest BCUT2D eigenvalue weighted by Gasteiger charge is -1.94. The molecule has 2 heterocycles. The smallest absolute Gasteiger partial charge is 0.131 e. The summed E-state index contributed by atoms with van der Waals surface area (Å²) in [5.74, 6) is 0.653. The van der Waals surface area contributed by atoms with Gasteiger partial charge in [0.2, 0.25) is 0 Å². The molecular weight excluding hydrogens is 232 g/mol. The molecule has 0 saturated heterocycles. The van der Waals surface area contributed by atoms with E-state index in [2.05, 4.69) is 35.2 Å². The molecule has 2 aromatic heterocycles. The molecule has 86 valence electrons. The number of hydrogen-bond donors (Lipinski definition) is 1. The predicted molar refractivity (Wildman–Crippen MR) is 71.0 cm³/mol. The molecule has 0 saturated carbocycles. The molecule has 0 bridgehead atoms. The van der Waals surface area contributed by atoms with Crippen molar-refractivity contribution >= 4 is 27.4 Å². The number of hydrogen-bond acceptors (Lipinski definition) is 4. The van der Waals surface area contributed by atoms with Gasteiger partial charge in [0, 0.05) is 7.05 Å². The molecule has 17 heavy (non-hydrogen) atoms. The Morgan fingerprint density at radius 3 is 2.88 bits per heavy atom. The third kappa shape index (κ3) is 1.59. The summed E-state index contributed by atoms with van der Waals surface area (Å²) in [4.78, 5) is 4.60. The van der Waals surface area contributed by atoms with Crippen molar-refractivity contribution in [3.8, 4) is 10.6 Å². The van der Waals surface area contributed by atoms with Crippen molar-refractivity contribution in [2.75, 3.05) is 5.73 Å². The second-order valence-electron chi connectivity index (χ2n) is 4.06. The maximum absolute atomic E-state index is 5.95. The van der Waals surface area contributed by atoms with Gasteiger partial charge in [-0.25, -0.2) is 4.98 Å². The first kappa shape index (κ1) is 10.3. The molecule has 3 aromatic rings. The van der Waals surface area contributed by atoms with Crippen LogP contribution in [0.5, 0.6) is 0 Å². The van der Waals surface area contributed by atoms with Crippen LogP contribution in [0.2, 0.25) is 0 Å². The number of benzene rings is 1. The van der Waals surface area contributed by atoms with Crippen molar-refractivity contribution in [1.29, 1.82) is 0 Å². The SMILES string of the molecule is Cc1ccc2sc(-c3cnn(C)c3N)nc2c1. The zero-order chi connectivity index (χ0) is 12.0. The third-order valence-corrected chi connectivity index (χ3v) is 3.83. The minimum absolute atomic E-state index is 0.653. The van der Waals surface area contributed by atoms with E-state index in [1.54, 1.807) is 22.2 Å². The van der Waals surface area contributed by atoms with E-state index in [0.717, 1.165) is 16.1 Å². The molecule has 0 aliphatic carbocycles. The van der Waals surface area contributed by atoms with Crippen LogP contribution in [-0.2, 0) is 7.05 Å². The largest absolute Gasteiger partial charge is 0.383 e. The fourth-order valence-corrected chi connectivity index (χ4v) is 2.73. The highest BCUT2D eigenvalue weighted by Crippen LogP contribution is 2.33. The minimum atomic E-state index is 0.653. The fraction of sp³-hybridized carbons (Fsp3) is 0.167. The minimum Gasteiger partial charge on any atom is -0.383 e. The molecule has 3 rings (SSSR count). The molecule has 0 amide bonds. The first-order valence-electron chi connectivity index (χ1n) is 5.30. The van der Waals surface area contributed by atoms with E-state index in [1.165, 1.54) is 10.3 Å². The summed E-state index contributed by atoms with van der Waals surface area (Å²) in [5.41, 5.74) is 9.10. The van der Waals surface area contributed by atoms with Gasteiger partial charge in [-0.3, -0.25) is 4.68 Å². The number of fused-ring (bicyclic) bond motifs is 1. The summed E-state index contributed by atoms with van der Waals surface area (Å²) in [6, 6.07) is 6.27. The van der Waals surface area contributed by atoms with Crippen LogP contribution < -0.4 is 5.73 Å². The Hall–Kier alpha value is -1.88. The second kappa shape index (κ2) is 3.56.